The van der Waals surface area contributed by atoms with Gasteiger partial charge in [-0.1, -0.05) is 0 Å². The summed E-state index contributed by atoms with van der Waals surface area (Å²) in [5, 5.41) is 3.26. The van der Waals surface area contributed by atoms with E-state index in [1.54, 1.807) is 19.2 Å². The first-order valence-electron chi connectivity index (χ1n) is 6.42. The molecule has 0 spiro atoms. The van der Waals surface area contributed by atoms with Crippen LogP contribution in [0.5, 0.6) is 5.88 Å². The summed E-state index contributed by atoms with van der Waals surface area (Å²) in [6.45, 7) is 1.03. The van der Waals surface area contributed by atoms with E-state index in [1.165, 1.54) is 10.6 Å². The molecule has 0 unspecified atom stereocenters. The molecular weight excluding hydrogens is 280 g/mol. The lowest BCUT2D eigenvalue weighted by Gasteiger charge is -2.31. The number of nitrogen functional groups attached to an aromatic ring is 1. The molecular formula is C12H20N4O3S. The number of aromatic nitrogens is 1. The third-order valence-corrected chi connectivity index (χ3v) is 4.68. The minimum Gasteiger partial charge on any atom is -0.481 e. The number of sulfonamides is 1. The van der Waals surface area contributed by atoms with E-state index in [-0.39, 0.29) is 6.04 Å². The van der Waals surface area contributed by atoms with E-state index < -0.39 is 10.0 Å². The SMILES string of the molecule is COc1ccc(N)c(NC2CCN(S(C)(=O)=O)CC2)n1. The molecule has 1 aromatic rings. The molecule has 1 aliphatic rings. The lowest BCUT2D eigenvalue weighted by molar-refractivity contribution is 0.331. The first-order chi connectivity index (χ1) is 9.40. The zero-order valence-electron chi connectivity index (χ0n) is 11.7. The second-order valence-electron chi connectivity index (χ2n) is 4.87. The number of nitrogens with one attached hydrogen (secondary N) is 1. The van der Waals surface area contributed by atoms with E-state index in [4.69, 9.17) is 10.5 Å². The highest BCUT2D eigenvalue weighted by atomic mass is 32.2. The van der Waals surface area contributed by atoms with Crippen LogP contribution in [0.15, 0.2) is 12.1 Å². The Bertz CT molecular complexity index is 568. The highest BCUT2D eigenvalue weighted by Gasteiger charge is 2.25. The standard InChI is InChI=1S/C12H20N4O3S/c1-19-11-4-3-10(13)12(15-11)14-9-5-7-16(8-6-9)20(2,17)18/h3-4,9H,5-8,13H2,1-2H3,(H,14,15). The molecule has 0 aliphatic carbocycles. The summed E-state index contributed by atoms with van der Waals surface area (Å²) in [5.74, 6) is 1.08. The van der Waals surface area contributed by atoms with Gasteiger partial charge in [-0.25, -0.2) is 12.7 Å². The molecule has 112 valence electrons. The Morgan fingerprint density at radius 2 is 2.05 bits per heavy atom. The van der Waals surface area contributed by atoms with Gasteiger partial charge in [-0.15, -0.1) is 0 Å². The van der Waals surface area contributed by atoms with Crippen molar-refractivity contribution < 1.29 is 13.2 Å². The van der Waals surface area contributed by atoms with E-state index in [0.29, 0.717) is 30.5 Å². The second-order valence-corrected chi connectivity index (χ2v) is 6.85. The molecule has 0 bridgehead atoms. The van der Waals surface area contributed by atoms with Gasteiger partial charge in [0.1, 0.15) is 0 Å². The van der Waals surface area contributed by atoms with E-state index >= 15 is 0 Å². The van der Waals surface area contributed by atoms with Crippen molar-refractivity contribution in [1.82, 2.24) is 9.29 Å². The van der Waals surface area contributed by atoms with Crippen LogP contribution >= 0.6 is 0 Å². The van der Waals surface area contributed by atoms with Crippen LogP contribution in [0, 0.1) is 0 Å². The van der Waals surface area contributed by atoms with Crippen molar-refractivity contribution in [3.8, 4) is 5.88 Å². The molecule has 1 saturated heterocycles. The number of pyridine rings is 1. The smallest absolute Gasteiger partial charge is 0.215 e. The maximum Gasteiger partial charge on any atom is 0.215 e. The lowest BCUT2D eigenvalue weighted by atomic mass is 10.1. The molecule has 2 rings (SSSR count). The minimum absolute atomic E-state index is 0.162. The van der Waals surface area contributed by atoms with Crippen molar-refractivity contribution >= 4 is 21.5 Å². The maximum atomic E-state index is 11.4. The fourth-order valence-corrected chi connectivity index (χ4v) is 3.08. The van der Waals surface area contributed by atoms with Crippen LogP contribution in [0.2, 0.25) is 0 Å². The fraction of sp³-hybridized carbons (Fsp3) is 0.583. The zero-order chi connectivity index (χ0) is 14.8. The second kappa shape index (κ2) is 5.84. The Morgan fingerprint density at radius 3 is 2.60 bits per heavy atom. The largest absolute Gasteiger partial charge is 0.481 e. The molecule has 0 amide bonds. The minimum atomic E-state index is -3.10. The van der Waals surface area contributed by atoms with Gasteiger partial charge in [0.2, 0.25) is 15.9 Å². The number of piperidine rings is 1. The van der Waals surface area contributed by atoms with Crippen LogP contribution in [-0.2, 0) is 10.0 Å². The van der Waals surface area contributed by atoms with Crippen LogP contribution in [0.3, 0.4) is 0 Å². The molecule has 1 aromatic heterocycles. The lowest BCUT2D eigenvalue weighted by Crippen LogP contribution is -2.42. The number of nitrogens with two attached hydrogens (primary N) is 1. The third-order valence-electron chi connectivity index (χ3n) is 3.37. The fourth-order valence-electron chi connectivity index (χ4n) is 2.21. The monoisotopic (exact) mass is 300 g/mol. The predicted octanol–water partition coefficient (Wildman–Crippen LogP) is 0.508. The van der Waals surface area contributed by atoms with Gasteiger partial charge in [-0.2, -0.15) is 4.98 Å². The average Bonchev–Trinajstić information content (AvgIpc) is 2.41. The normalized spacial score (nSPS) is 17.9. The molecule has 0 radical (unpaired) electrons. The van der Waals surface area contributed by atoms with Gasteiger partial charge in [0.15, 0.2) is 5.82 Å². The van der Waals surface area contributed by atoms with Gasteiger partial charge >= 0.3 is 0 Å². The van der Waals surface area contributed by atoms with Gasteiger partial charge in [-0.05, 0) is 18.9 Å². The molecule has 3 N–H and O–H groups in total. The van der Waals surface area contributed by atoms with Crippen molar-refractivity contribution in [1.29, 1.82) is 0 Å². The predicted molar refractivity (Wildman–Crippen MR) is 78.3 cm³/mol. The Hall–Kier alpha value is -1.54. The van der Waals surface area contributed by atoms with E-state index in [2.05, 4.69) is 10.3 Å². The highest BCUT2D eigenvalue weighted by molar-refractivity contribution is 7.88. The summed E-state index contributed by atoms with van der Waals surface area (Å²) in [7, 11) is -1.55. The first kappa shape index (κ1) is 14.9. The average molecular weight is 300 g/mol. The van der Waals surface area contributed by atoms with Crippen LogP contribution in [0.1, 0.15) is 12.8 Å². The van der Waals surface area contributed by atoms with Crippen LogP contribution in [-0.4, -0.2) is 50.2 Å². The van der Waals surface area contributed by atoms with Gasteiger partial charge in [0.05, 0.1) is 19.1 Å². The van der Waals surface area contributed by atoms with Gasteiger partial charge in [0.25, 0.3) is 0 Å². The quantitative estimate of drug-likeness (QED) is 0.841. The molecule has 8 heteroatoms. The molecule has 0 saturated carbocycles. The number of ether oxygens (including phenoxy) is 1. The highest BCUT2D eigenvalue weighted by Crippen LogP contribution is 2.23. The molecule has 20 heavy (non-hydrogen) atoms. The topological polar surface area (TPSA) is 97.5 Å². The number of anilines is 2. The van der Waals surface area contributed by atoms with Gasteiger partial charge in [-0.3, -0.25) is 0 Å². The van der Waals surface area contributed by atoms with E-state index in [1.807, 2.05) is 0 Å². The van der Waals surface area contributed by atoms with Crippen molar-refractivity contribution in [2.75, 3.05) is 37.5 Å². The molecule has 1 aliphatic heterocycles. The maximum absolute atomic E-state index is 11.4. The molecule has 1 fully saturated rings. The number of nitrogens with zero attached hydrogens (tertiary/aromatic N) is 2. The summed E-state index contributed by atoms with van der Waals surface area (Å²) >= 11 is 0. The van der Waals surface area contributed by atoms with Gasteiger partial charge < -0.3 is 15.8 Å². The van der Waals surface area contributed by atoms with Crippen molar-refractivity contribution in [2.45, 2.75) is 18.9 Å². The van der Waals surface area contributed by atoms with Gasteiger partial charge in [0, 0.05) is 25.2 Å². The number of rotatable bonds is 4. The summed E-state index contributed by atoms with van der Waals surface area (Å²) in [6, 6.07) is 3.60. The Labute approximate surface area is 119 Å². The Kier molecular flexibility index (Phi) is 4.34. The number of methoxy groups -OCH3 is 1. The first-order valence-corrected chi connectivity index (χ1v) is 8.27. The van der Waals surface area contributed by atoms with Crippen molar-refractivity contribution in [2.24, 2.45) is 0 Å². The van der Waals surface area contributed by atoms with Crippen LogP contribution in [0.4, 0.5) is 11.5 Å². The summed E-state index contributed by atoms with van der Waals surface area (Å²) in [4.78, 5) is 4.26. The van der Waals surface area contributed by atoms with Crippen molar-refractivity contribution in [3.63, 3.8) is 0 Å². The Balaban J connectivity index is 1.99. The van der Waals surface area contributed by atoms with Crippen molar-refractivity contribution in [3.05, 3.63) is 12.1 Å². The molecule has 0 aromatic carbocycles. The van der Waals surface area contributed by atoms with E-state index in [9.17, 15) is 8.42 Å². The summed E-state index contributed by atoms with van der Waals surface area (Å²) < 4.78 is 29.5. The third kappa shape index (κ3) is 3.51. The summed E-state index contributed by atoms with van der Waals surface area (Å²) in [6.07, 6.45) is 2.69. The number of hydrogen-bond acceptors (Lipinski definition) is 6. The molecule has 0 atom stereocenters. The molecule has 2 heterocycles. The Morgan fingerprint density at radius 1 is 1.40 bits per heavy atom. The van der Waals surface area contributed by atoms with E-state index in [0.717, 1.165) is 12.8 Å². The summed E-state index contributed by atoms with van der Waals surface area (Å²) in [5.41, 5.74) is 6.42. The number of hydrogen-bond donors (Lipinski definition) is 2. The molecule has 7 nitrogen and oxygen atoms in total. The van der Waals surface area contributed by atoms with Crippen LogP contribution in [0.25, 0.3) is 0 Å². The van der Waals surface area contributed by atoms with Crippen LogP contribution < -0.4 is 15.8 Å². The zero-order valence-corrected chi connectivity index (χ0v) is 12.5.